The van der Waals surface area contributed by atoms with E-state index < -0.39 is 26.5 Å². The van der Waals surface area contributed by atoms with Crippen LogP contribution in [0.25, 0.3) is 0 Å². The Morgan fingerprint density at radius 1 is 0.327 bits per heavy atom. The summed E-state index contributed by atoms with van der Waals surface area (Å²) in [5.41, 5.74) is 0. The molecule has 1 N–H and O–H groups in total. The summed E-state index contributed by atoms with van der Waals surface area (Å²) in [4.78, 5) is 36.0. The zero-order chi connectivity index (χ0) is 71.1. The van der Waals surface area contributed by atoms with Crippen molar-refractivity contribution in [2.45, 2.75) is 392 Å². The minimum Gasteiger partial charge on any atom is -0.462 e. The molecule has 2 atom stereocenters. The summed E-state index contributed by atoms with van der Waals surface area (Å²) in [6, 6.07) is 0. The van der Waals surface area contributed by atoms with Crippen molar-refractivity contribution in [2.24, 2.45) is 0 Å². The topological polar surface area (TPSA) is 108 Å². The number of nitrogens with zero attached hydrogens (tertiary/aromatic N) is 1. The van der Waals surface area contributed by atoms with Crippen molar-refractivity contribution < 1.29 is 42.1 Å². The predicted molar refractivity (Wildman–Crippen MR) is 427 cm³/mol. The van der Waals surface area contributed by atoms with Gasteiger partial charge in [-0.15, -0.1) is 0 Å². The van der Waals surface area contributed by atoms with Crippen molar-refractivity contribution in [3.05, 3.63) is 109 Å². The van der Waals surface area contributed by atoms with E-state index in [0.717, 1.165) is 89.9 Å². The van der Waals surface area contributed by atoms with Crippen LogP contribution < -0.4 is 0 Å². The summed E-state index contributed by atoms with van der Waals surface area (Å²) in [6.07, 6.45) is 111. The second-order valence-corrected chi connectivity index (χ2v) is 30.6. The zero-order valence-corrected chi connectivity index (χ0v) is 65.9. The van der Waals surface area contributed by atoms with Gasteiger partial charge in [0.2, 0.25) is 0 Å². The van der Waals surface area contributed by atoms with E-state index in [1.807, 2.05) is 21.1 Å². The number of hydrogen-bond acceptors (Lipinski definition) is 7. The zero-order valence-electron chi connectivity index (χ0n) is 65.0. The molecule has 0 rings (SSSR count). The van der Waals surface area contributed by atoms with Crippen LogP contribution in [0.1, 0.15) is 386 Å². The summed E-state index contributed by atoms with van der Waals surface area (Å²) in [7, 11) is 1.48. The molecule has 0 aromatic heterocycles. The van der Waals surface area contributed by atoms with E-state index in [1.54, 1.807) is 0 Å². The second kappa shape index (κ2) is 77.8. The Balaban J connectivity index is 3.93. The molecular weight excluding hydrogens is 1230 g/mol. The number of phosphoric ester groups is 1. The molecule has 0 aliphatic carbocycles. The number of quaternary nitrogens is 1. The fourth-order valence-corrected chi connectivity index (χ4v) is 12.7. The molecule has 0 aliphatic rings. The van der Waals surface area contributed by atoms with Crippen molar-refractivity contribution in [3.8, 4) is 0 Å². The SMILES string of the molecule is CC/C=C\C/C=C\C/C=C\C/C=C\C/C=C\C/C=C\C/C=C\CCCCCCCCCCCCCCCC(=O)OC(COC(=O)CCCCCCCCCCCCCCCCCCCCCCCCCCCCC/C=C\C/C=C\CCCCCCC)COP(=O)(O)OCC[N+](C)(C)C. The number of unbranched alkanes of at least 4 members (excludes halogenated alkanes) is 45. The first kappa shape index (κ1) is 94.7. The van der Waals surface area contributed by atoms with E-state index in [9.17, 15) is 19.0 Å². The minimum atomic E-state index is -4.40. The molecule has 2 unspecified atom stereocenters. The normalized spacial score (nSPS) is 13.6. The van der Waals surface area contributed by atoms with Gasteiger partial charge in [-0.2, -0.15) is 0 Å². The second-order valence-electron chi connectivity index (χ2n) is 29.1. The number of likely N-dealkylation sites (N-methyl/N-ethyl adjacent to an activating group) is 1. The third-order valence-electron chi connectivity index (χ3n) is 18.3. The van der Waals surface area contributed by atoms with E-state index in [1.165, 1.54) is 263 Å². The van der Waals surface area contributed by atoms with E-state index >= 15 is 0 Å². The van der Waals surface area contributed by atoms with Crippen LogP contribution in [0.3, 0.4) is 0 Å². The molecule has 0 heterocycles. The summed E-state index contributed by atoms with van der Waals surface area (Å²) < 4.78 is 34.9. The molecule has 0 fully saturated rings. The number of phosphoric acid groups is 1. The van der Waals surface area contributed by atoms with E-state index in [4.69, 9.17) is 18.5 Å². The fourth-order valence-electron chi connectivity index (χ4n) is 12.0. The van der Waals surface area contributed by atoms with Gasteiger partial charge in [-0.05, 0) is 103 Å². The molecule has 0 aromatic rings. The molecule has 10 heteroatoms. The number of hydrogen-bond donors (Lipinski definition) is 1. The molecular formula is C88H159NO8P+. The third-order valence-corrected chi connectivity index (χ3v) is 19.3. The number of carbonyl (C=O) groups is 2. The van der Waals surface area contributed by atoms with Crippen LogP contribution in [0.4, 0.5) is 0 Å². The lowest BCUT2D eigenvalue weighted by atomic mass is 10.0. The molecule has 0 radical (unpaired) electrons. The molecule has 568 valence electrons. The molecule has 98 heavy (non-hydrogen) atoms. The van der Waals surface area contributed by atoms with Gasteiger partial charge in [0.25, 0.3) is 0 Å². The van der Waals surface area contributed by atoms with Gasteiger partial charge in [0.05, 0.1) is 27.7 Å². The van der Waals surface area contributed by atoms with E-state index in [0.29, 0.717) is 17.4 Å². The quantitative estimate of drug-likeness (QED) is 0.0211. The predicted octanol–water partition coefficient (Wildman–Crippen LogP) is 28.0. The maximum Gasteiger partial charge on any atom is 0.472 e. The maximum absolute atomic E-state index is 12.9. The highest BCUT2D eigenvalue weighted by Gasteiger charge is 2.27. The summed E-state index contributed by atoms with van der Waals surface area (Å²) >= 11 is 0. The van der Waals surface area contributed by atoms with Crippen molar-refractivity contribution in [1.29, 1.82) is 0 Å². The van der Waals surface area contributed by atoms with Gasteiger partial charge < -0.3 is 18.9 Å². The monoisotopic (exact) mass is 1390 g/mol. The first-order valence-corrected chi connectivity index (χ1v) is 43.1. The number of rotatable bonds is 77. The summed E-state index contributed by atoms with van der Waals surface area (Å²) in [5.74, 6) is -0.785. The lowest BCUT2D eigenvalue weighted by molar-refractivity contribution is -0.870. The minimum absolute atomic E-state index is 0.0299. The number of carbonyl (C=O) groups excluding carboxylic acids is 2. The van der Waals surface area contributed by atoms with Gasteiger partial charge in [0.1, 0.15) is 19.8 Å². The average Bonchev–Trinajstić information content (AvgIpc) is 1.08. The molecule has 9 nitrogen and oxygen atoms in total. The van der Waals surface area contributed by atoms with Crippen LogP contribution >= 0.6 is 7.82 Å². The maximum atomic E-state index is 12.9. The van der Waals surface area contributed by atoms with Crippen molar-refractivity contribution >= 4 is 19.8 Å². The summed E-state index contributed by atoms with van der Waals surface area (Å²) in [5, 5.41) is 0. The van der Waals surface area contributed by atoms with Crippen LogP contribution in [0.5, 0.6) is 0 Å². The molecule has 0 saturated carbocycles. The molecule has 0 aliphatic heterocycles. The van der Waals surface area contributed by atoms with Gasteiger partial charge in [-0.3, -0.25) is 18.6 Å². The van der Waals surface area contributed by atoms with Gasteiger partial charge in [0, 0.05) is 12.8 Å². The van der Waals surface area contributed by atoms with Gasteiger partial charge in [0.15, 0.2) is 6.10 Å². The van der Waals surface area contributed by atoms with E-state index in [-0.39, 0.29) is 32.0 Å². The standard InChI is InChI=1S/C88H158NO8P/c1-6-8-10-12-14-16-18-20-22-24-26-28-30-32-34-36-38-40-42-43-44-45-47-48-50-52-54-56-58-60-62-64-66-68-70-72-74-76-78-80-87(90)94-84-86(85-96-98(92,93)95-83-82-89(3,4)5)97-88(91)81-79-77-75-73-71-69-67-65-63-61-59-57-55-53-51-49-46-41-39-37-35-33-31-29-27-25-23-21-19-17-15-13-11-9-7-2/h9,11,15,17-18,20-21,23-24,26-27,29,33,35,39,41,49,51,86H,6-8,10,12-14,16,19,22,25,28,30-32,34,36-38,40,42-48,50,52-85H2,1-5H3/p+1/b11-9-,17-15-,20-18-,23-21-,26-24-,29-27-,35-33-,41-39-,51-49-. The van der Waals surface area contributed by atoms with E-state index in [2.05, 4.69) is 123 Å². The Kier molecular flexibility index (Phi) is 75.2. The largest absolute Gasteiger partial charge is 0.472 e. The number of esters is 2. The highest BCUT2D eigenvalue weighted by atomic mass is 31.2. The van der Waals surface area contributed by atoms with Crippen molar-refractivity contribution in [1.82, 2.24) is 0 Å². The average molecular weight is 1390 g/mol. The molecule has 0 spiro atoms. The van der Waals surface area contributed by atoms with Gasteiger partial charge in [-0.25, -0.2) is 4.57 Å². The number of allylic oxidation sites excluding steroid dienone is 18. The Morgan fingerprint density at radius 2 is 0.582 bits per heavy atom. The molecule has 0 aromatic carbocycles. The van der Waals surface area contributed by atoms with Gasteiger partial charge in [-0.1, -0.05) is 380 Å². The molecule has 0 saturated heterocycles. The Labute approximate surface area is 607 Å². The Morgan fingerprint density at radius 3 is 0.867 bits per heavy atom. The molecule has 0 amide bonds. The van der Waals surface area contributed by atoms with Crippen LogP contribution in [0.15, 0.2) is 109 Å². The Bertz CT molecular complexity index is 2030. The lowest BCUT2D eigenvalue weighted by Crippen LogP contribution is -2.37. The highest BCUT2D eigenvalue weighted by Crippen LogP contribution is 2.43. The first-order valence-electron chi connectivity index (χ1n) is 41.6. The van der Waals surface area contributed by atoms with Crippen molar-refractivity contribution in [3.63, 3.8) is 0 Å². The fraction of sp³-hybridized carbons (Fsp3) is 0.773. The van der Waals surface area contributed by atoms with Crippen LogP contribution in [-0.2, 0) is 32.7 Å². The van der Waals surface area contributed by atoms with Crippen LogP contribution in [0, 0.1) is 0 Å². The number of ether oxygens (including phenoxy) is 2. The first-order chi connectivity index (χ1) is 48.0. The van der Waals surface area contributed by atoms with Crippen LogP contribution in [0.2, 0.25) is 0 Å². The summed E-state index contributed by atoms with van der Waals surface area (Å²) in [6.45, 7) is 4.35. The van der Waals surface area contributed by atoms with Crippen molar-refractivity contribution in [2.75, 3.05) is 47.5 Å². The lowest BCUT2D eigenvalue weighted by Gasteiger charge is -2.24. The highest BCUT2D eigenvalue weighted by molar-refractivity contribution is 7.47. The van der Waals surface area contributed by atoms with Crippen LogP contribution in [-0.4, -0.2) is 74.9 Å². The Hall–Kier alpha value is -3.33. The smallest absolute Gasteiger partial charge is 0.462 e. The third kappa shape index (κ3) is 81.6. The van der Waals surface area contributed by atoms with Gasteiger partial charge >= 0.3 is 19.8 Å². The molecule has 0 bridgehead atoms.